The molecule has 1 atom stereocenters. The molecule has 5 aliphatic heterocycles. The molecule has 19 heavy (non-hydrogen) atoms. The largest absolute Gasteiger partial charge is 0.362 e. The van der Waals surface area contributed by atoms with Crippen molar-refractivity contribution in [2.45, 2.75) is 31.8 Å². The third-order valence-electron chi connectivity index (χ3n) is 4.72. The minimum Gasteiger partial charge on any atom is -0.362 e. The van der Waals surface area contributed by atoms with E-state index in [0.717, 1.165) is 0 Å². The second-order valence-electron chi connectivity index (χ2n) is 6.06. The Hall–Kier alpha value is -0.580. The monoisotopic (exact) mass is 264 g/mol. The van der Waals surface area contributed by atoms with Gasteiger partial charge in [-0.2, -0.15) is 0 Å². The van der Waals surface area contributed by atoms with Crippen LogP contribution in [0.4, 0.5) is 0 Å². The normalized spacial score (nSPS) is 37.1. The Morgan fingerprint density at radius 3 is 2.16 bits per heavy atom. The van der Waals surface area contributed by atoms with Crippen molar-refractivity contribution in [3.05, 3.63) is 12.3 Å². The van der Waals surface area contributed by atoms with Gasteiger partial charge in [-0.3, -0.25) is 15.1 Å². The Balaban J connectivity index is 0.000000122. The molecule has 1 N–H and O–H groups in total. The average molecular weight is 264 g/mol. The Bertz CT molecular complexity index is 274. The van der Waals surface area contributed by atoms with Crippen LogP contribution in [0.25, 0.3) is 0 Å². The molecule has 4 nitrogen and oxygen atoms in total. The van der Waals surface area contributed by atoms with Gasteiger partial charge in [-0.15, -0.1) is 0 Å². The molecule has 0 aliphatic carbocycles. The van der Waals surface area contributed by atoms with Gasteiger partial charge in [0.05, 0.1) is 6.17 Å². The Morgan fingerprint density at radius 1 is 0.842 bits per heavy atom. The third kappa shape index (κ3) is 3.71. The summed E-state index contributed by atoms with van der Waals surface area (Å²) in [6.45, 7) is 10.4. The highest BCUT2D eigenvalue weighted by molar-refractivity contribution is 4.91. The molecule has 5 aliphatic rings. The van der Waals surface area contributed by atoms with Gasteiger partial charge < -0.3 is 4.90 Å². The number of hydrogen-bond acceptors (Lipinski definition) is 4. The van der Waals surface area contributed by atoms with Crippen LogP contribution in [0.1, 0.15) is 25.7 Å². The highest BCUT2D eigenvalue weighted by Gasteiger charge is 2.21. The van der Waals surface area contributed by atoms with Gasteiger partial charge in [0.2, 0.25) is 0 Å². The molecule has 0 aromatic rings. The lowest BCUT2D eigenvalue weighted by atomic mass is 10.2. The standard InChI is InChI=1S/C9H16N2.C6H12N2/c1-2-5-9-10-6-4-8-11(9)7-3-1;1-2-8-5-3-7(1)4-6-8/h3,7,9-10H,1-2,4-6,8H2;1-6H2. The number of piperazine rings is 3. The summed E-state index contributed by atoms with van der Waals surface area (Å²) in [6, 6.07) is 0. The van der Waals surface area contributed by atoms with E-state index in [9.17, 15) is 0 Å². The van der Waals surface area contributed by atoms with Crippen molar-refractivity contribution in [1.29, 1.82) is 0 Å². The van der Waals surface area contributed by atoms with E-state index in [1.54, 1.807) is 0 Å². The quantitative estimate of drug-likeness (QED) is 0.702. The first-order chi connectivity index (χ1) is 9.42. The van der Waals surface area contributed by atoms with Gasteiger partial charge in [0, 0.05) is 45.8 Å². The fourth-order valence-corrected chi connectivity index (χ4v) is 3.41. The predicted molar refractivity (Wildman–Crippen MR) is 79.0 cm³/mol. The molecule has 5 heterocycles. The summed E-state index contributed by atoms with van der Waals surface area (Å²) in [5.41, 5.74) is 0. The van der Waals surface area contributed by atoms with Crippen LogP contribution in [-0.2, 0) is 0 Å². The summed E-state index contributed by atoms with van der Waals surface area (Å²) in [4.78, 5) is 7.52. The highest BCUT2D eigenvalue weighted by atomic mass is 15.3. The molecule has 0 aromatic heterocycles. The van der Waals surface area contributed by atoms with Gasteiger partial charge in [-0.05, 0) is 38.4 Å². The Labute approximate surface area is 117 Å². The molecule has 0 saturated carbocycles. The summed E-state index contributed by atoms with van der Waals surface area (Å²) in [5.74, 6) is 0. The summed E-state index contributed by atoms with van der Waals surface area (Å²) in [7, 11) is 0. The van der Waals surface area contributed by atoms with Crippen molar-refractivity contribution < 1.29 is 0 Å². The molecule has 4 heteroatoms. The van der Waals surface area contributed by atoms with Crippen molar-refractivity contribution in [2.24, 2.45) is 0 Å². The van der Waals surface area contributed by atoms with Gasteiger partial charge in [-0.25, -0.2) is 0 Å². The molecular weight excluding hydrogens is 236 g/mol. The van der Waals surface area contributed by atoms with Crippen LogP contribution in [0, 0.1) is 0 Å². The van der Waals surface area contributed by atoms with Gasteiger partial charge in [-0.1, -0.05) is 6.08 Å². The second-order valence-corrected chi connectivity index (χ2v) is 6.06. The maximum atomic E-state index is 3.54. The second kappa shape index (κ2) is 6.73. The van der Waals surface area contributed by atoms with Crippen LogP contribution < -0.4 is 5.32 Å². The van der Waals surface area contributed by atoms with E-state index in [0.29, 0.717) is 6.17 Å². The van der Waals surface area contributed by atoms with Crippen LogP contribution in [0.2, 0.25) is 0 Å². The zero-order chi connectivity index (χ0) is 12.9. The smallest absolute Gasteiger partial charge is 0.0790 e. The first-order valence-corrected chi connectivity index (χ1v) is 8.02. The molecule has 5 rings (SSSR count). The lowest BCUT2D eigenvalue weighted by molar-refractivity contribution is 0.0647. The first kappa shape index (κ1) is 13.4. The van der Waals surface area contributed by atoms with Crippen molar-refractivity contribution in [2.75, 3.05) is 52.4 Å². The Morgan fingerprint density at radius 2 is 1.53 bits per heavy atom. The average Bonchev–Trinajstić information content (AvgIpc) is 2.75. The van der Waals surface area contributed by atoms with E-state index in [1.807, 2.05) is 0 Å². The summed E-state index contributed by atoms with van der Waals surface area (Å²) in [6.07, 6.45) is 10.4. The molecule has 108 valence electrons. The molecule has 2 bridgehead atoms. The fourth-order valence-electron chi connectivity index (χ4n) is 3.41. The number of fused-ring (bicyclic) bond motifs is 4. The predicted octanol–water partition coefficient (Wildman–Crippen LogP) is 0.923. The van der Waals surface area contributed by atoms with Gasteiger partial charge in [0.1, 0.15) is 0 Å². The maximum absolute atomic E-state index is 3.54. The number of hydrogen-bond donors (Lipinski definition) is 1. The van der Waals surface area contributed by atoms with Gasteiger partial charge in [0.15, 0.2) is 0 Å². The lowest BCUT2D eigenvalue weighted by Gasteiger charge is -2.41. The number of nitrogens with zero attached hydrogens (tertiary/aromatic N) is 3. The van der Waals surface area contributed by atoms with E-state index in [2.05, 4.69) is 32.3 Å². The number of rotatable bonds is 0. The minimum absolute atomic E-state index is 0.641. The molecule has 0 radical (unpaired) electrons. The van der Waals surface area contributed by atoms with Gasteiger partial charge >= 0.3 is 0 Å². The van der Waals surface area contributed by atoms with E-state index >= 15 is 0 Å². The molecular formula is C15H28N4. The molecule has 4 fully saturated rings. The van der Waals surface area contributed by atoms with Crippen molar-refractivity contribution in [3.63, 3.8) is 0 Å². The van der Waals surface area contributed by atoms with Crippen molar-refractivity contribution >= 4 is 0 Å². The van der Waals surface area contributed by atoms with Gasteiger partial charge in [0.25, 0.3) is 0 Å². The van der Waals surface area contributed by atoms with E-state index in [1.165, 1.54) is 78.0 Å². The van der Waals surface area contributed by atoms with Crippen molar-refractivity contribution in [3.8, 4) is 0 Å². The van der Waals surface area contributed by atoms with E-state index in [4.69, 9.17) is 0 Å². The third-order valence-corrected chi connectivity index (χ3v) is 4.72. The number of nitrogens with one attached hydrogen (secondary N) is 1. The lowest BCUT2D eigenvalue weighted by Crippen LogP contribution is -2.55. The maximum Gasteiger partial charge on any atom is 0.0790 e. The van der Waals surface area contributed by atoms with Crippen LogP contribution >= 0.6 is 0 Å². The molecule has 0 aromatic carbocycles. The summed E-state index contributed by atoms with van der Waals surface area (Å²) in [5, 5.41) is 3.54. The topological polar surface area (TPSA) is 21.8 Å². The number of allylic oxidation sites excluding steroid dienone is 1. The summed E-state index contributed by atoms with van der Waals surface area (Å²) < 4.78 is 0. The molecule has 0 amide bonds. The van der Waals surface area contributed by atoms with Crippen molar-refractivity contribution in [1.82, 2.24) is 20.0 Å². The molecule has 1 unspecified atom stereocenters. The first-order valence-electron chi connectivity index (χ1n) is 8.02. The van der Waals surface area contributed by atoms with Crippen LogP contribution in [0.3, 0.4) is 0 Å². The molecule has 0 spiro atoms. The van der Waals surface area contributed by atoms with Crippen LogP contribution in [0.15, 0.2) is 12.3 Å². The zero-order valence-electron chi connectivity index (χ0n) is 12.1. The molecule has 4 saturated heterocycles. The SMILES string of the molecule is C1=CN2CCCNC2CCC1.C1CN2CCN1CC2. The fraction of sp³-hybridized carbons (Fsp3) is 0.867. The van der Waals surface area contributed by atoms with Crippen LogP contribution in [0.5, 0.6) is 0 Å². The van der Waals surface area contributed by atoms with E-state index < -0.39 is 0 Å². The minimum atomic E-state index is 0.641. The Kier molecular flexibility index (Phi) is 4.75. The summed E-state index contributed by atoms with van der Waals surface area (Å²) >= 11 is 0. The zero-order valence-corrected chi connectivity index (χ0v) is 12.1. The van der Waals surface area contributed by atoms with Crippen LogP contribution in [-0.4, -0.2) is 73.2 Å². The highest BCUT2D eigenvalue weighted by Crippen LogP contribution is 2.15. The van der Waals surface area contributed by atoms with E-state index in [-0.39, 0.29) is 0 Å².